The molecule has 0 spiro atoms. The first-order valence-electron chi connectivity index (χ1n) is 4.23. The second kappa shape index (κ2) is 9.17. The second-order valence-corrected chi connectivity index (χ2v) is 2.84. The van der Waals surface area contributed by atoms with E-state index in [2.05, 4.69) is 6.58 Å². The predicted molar refractivity (Wildman–Crippen MR) is 52.4 cm³/mol. The van der Waals surface area contributed by atoms with E-state index in [4.69, 9.17) is 20.4 Å². The van der Waals surface area contributed by atoms with E-state index in [1.54, 1.807) is 6.92 Å². The van der Waals surface area contributed by atoms with Crippen molar-refractivity contribution < 1.29 is 30.0 Å². The summed E-state index contributed by atoms with van der Waals surface area (Å²) in [5.74, 6) is -2.44. The first kappa shape index (κ1) is 16.0. The smallest absolute Gasteiger partial charge is 0.331 e. The molecule has 0 saturated carbocycles. The Hall–Kier alpha value is -1.40. The number of hydrogen-bond donors (Lipinski definition) is 4. The minimum atomic E-state index is -1.27. The van der Waals surface area contributed by atoms with E-state index in [9.17, 15) is 9.59 Å². The highest BCUT2D eigenvalue weighted by Gasteiger charge is 2.07. The maximum absolute atomic E-state index is 9.87. The molecule has 4 N–H and O–H groups in total. The molecule has 0 fully saturated rings. The van der Waals surface area contributed by atoms with Gasteiger partial charge in [-0.15, -0.1) is 0 Å². The molecule has 0 aliphatic rings. The van der Waals surface area contributed by atoms with Gasteiger partial charge in [-0.1, -0.05) is 6.58 Å². The summed E-state index contributed by atoms with van der Waals surface area (Å²) in [6.45, 7) is 4.74. The maximum atomic E-state index is 9.87. The van der Waals surface area contributed by atoms with Crippen LogP contribution in [0.4, 0.5) is 0 Å². The van der Waals surface area contributed by atoms with Gasteiger partial charge in [0.05, 0.1) is 12.5 Å². The Morgan fingerprint density at radius 3 is 1.87 bits per heavy atom. The van der Waals surface area contributed by atoms with Gasteiger partial charge in [0.2, 0.25) is 0 Å². The van der Waals surface area contributed by atoms with Crippen LogP contribution in [-0.4, -0.2) is 45.1 Å². The van der Waals surface area contributed by atoms with Crippen LogP contribution in [0.1, 0.15) is 19.8 Å². The largest absolute Gasteiger partial charge is 0.481 e. The van der Waals surface area contributed by atoms with Gasteiger partial charge in [0, 0.05) is 12.2 Å². The van der Waals surface area contributed by atoms with Crippen LogP contribution in [0.5, 0.6) is 0 Å². The molecule has 15 heavy (non-hydrogen) atoms. The third-order valence-corrected chi connectivity index (χ3v) is 1.21. The van der Waals surface area contributed by atoms with E-state index in [0.29, 0.717) is 6.42 Å². The lowest BCUT2D eigenvalue weighted by atomic mass is 10.2. The monoisotopic (exact) mass is 220 g/mol. The fraction of sp³-hybridized carbons (Fsp3) is 0.556. The summed E-state index contributed by atoms with van der Waals surface area (Å²) in [7, 11) is 0. The van der Waals surface area contributed by atoms with Gasteiger partial charge in [-0.2, -0.15) is 0 Å². The third-order valence-electron chi connectivity index (χ3n) is 1.21. The van der Waals surface area contributed by atoms with Crippen LogP contribution >= 0.6 is 0 Å². The van der Waals surface area contributed by atoms with E-state index in [1.165, 1.54) is 0 Å². The molecule has 0 saturated heterocycles. The Morgan fingerprint density at radius 2 is 1.80 bits per heavy atom. The van der Waals surface area contributed by atoms with Gasteiger partial charge in [-0.05, 0) is 13.3 Å². The molecule has 0 aromatic carbocycles. The van der Waals surface area contributed by atoms with Crippen molar-refractivity contribution in [2.75, 3.05) is 6.61 Å². The minimum Gasteiger partial charge on any atom is -0.481 e. The minimum absolute atomic E-state index is 0.0810. The van der Waals surface area contributed by atoms with Crippen LogP contribution in [0.25, 0.3) is 0 Å². The first-order valence-corrected chi connectivity index (χ1v) is 4.23. The van der Waals surface area contributed by atoms with Gasteiger partial charge in [0.25, 0.3) is 0 Å². The Labute approximate surface area is 87.5 Å². The third kappa shape index (κ3) is 15.4. The van der Waals surface area contributed by atoms with E-state index in [1.807, 2.05) is 0 Å². The van der Waals surface area contributed by atoms with E-state index in [-0.39, 0.29) is 18.3 Å². The molecule has 0 amide bonds. The highest BCUT2D eigenvalue weighted by molar-refractivity contribution is 5.91. The van der Waals surface area contributed by atoms with Crippen molar-refractivity contribution in [1.82, 2.24) is 0 Å². The van der Waals surface area contributed by atoms with Crippen molar-refractivity contribution in [3.8, 4) is 0 Å². The molecule has 0 heterocycles. The number of carbonyl (C=O) groups is 2. The topological polar surface area (TPSA) is 115 Å². The average Bonchev–Trinajstić information content (AvgIpc) is 2.03. The molecule has 0 aliphatic carbocycles. The fourth-order valence-electron chi connectivity index (χ4n) is 0.445. The molecule has 0 bridgehead atoms. The standard InChI is InChI=1S/C5H6O4.C4H10O2/c1-3(5(8)9)2-4(6)7;1-4(6)2-3-5/h1-2H2,(H,6,7)(H,8,9);4-6H,2-3H2,1H3. The molecular weight excluding hydrogens is 204 g/mol. The van der Waals surface area contributed by atoms with Crippen LogP contribution in [0.3, 0.4) is 0 Å². The zero-order valence-corrected chi connectivity index (χ0v) is 8.51. The summed E-state index contributed by atoms with van der Waals surface area (Å²) < 4.78 is 0. The molecule has 1 atom stereocenters. The first-order chi connectivity index (χ1) is 6.81. The molecule has 0 aliphatic heterocycles. The molecule has 6 heteroatoms. The molecule has 88 valence electrons. The quantitative estimate of drug-likeness (QED) is 0.479. The van der Waals surface area contributed by atoms with Gasteiger partial charge in [0.1, 0.15) is 0 Å². The van der Waals surface area contributed by atoms with Crippen molar-refractivity contribution in [3.05, 3.63) is 12.2 Å². The Kier molecular flexibility index (Phi) is 9.81. The van der Waals surface area contributed by atoms with E-state index < -0.39 is 18.4 Å². The Balaban J connectivity index is 0. The summed E-state index contributed by atoms with van der Waals surface area (Å²) in [5, 5.41) is 32.5. The number of rotatable bonds is 5. The van der Waals surface area contributed by atoms with Gasteiger partial charge in [-0.3, -0.25) is 4.79 Å². The number of carboxylic acid groups (broad SMARTS) is 2. The summed E-state index contributed by atoms with van der Waals surface area (Å²) in [4.78, 5) is 19.7. The fourth-order valence-corrected chi connectivity index (χ4v) is 0.445. The van der Waals surface area contributed by atoms with E-state index in [0.717, 1.165) is 0 Å². The van der Waals surface area contributed by atoms with Gasteiger partial charge >= 0.3 is 11.9 Å². The highest BCUT2D eigenvalue weighted by Crippen LogP contribution is 1.95. The number of aliphatic carboxylic acids is 2. The molecule has 6 nitrogen and oxygen atoms in total. The van der Waals surface area contributed by atoms with Crippen LogP contribution in [0.2, 0.25) is 0 Å². The van der Waals surface area contributed by atoms with Gasteiger partial charge in [-0.25, -0.2) is 4.79 Å². The van der Waals surface area contributed by atoms with E-state index >= 15 is 0 Å². The molecule has 0 radical (unpaired) electrons. The Bertz CT molecular complexity index is 221. The average molecular weight is 220 g/mol. The molecule has 1 unspecified atom stereocenters. The molecule has 0 rings (SSSR count). The Morgan fingerprint density at radius 1 is 1.33 bits per heavy atom. The molecule has 0 aromatic heterocycles. The van der Waals surface area contributed by atoms with Gasteiger partial charge < -0.3 is 20.4 Å². The van der Waals surface area contributed by atoms with Gasteiger partial charge in [0.15, 0.2) is 0 Å². The summed E-state index contributed by atoms with van der Waals surface area (Å²) in [6.07, 6.45) is -0.370. The van der Waals surface area contributed by atoms with Crippen molar-refractivity contribution >= 4 is 11.9 Å². The van der Waals surface area contributed by atoms with Crippen molar-refractivity contribution in [1.29, 1.82) is 0 Å². The van der Waals surface area contributed by atoms with Crippen LogP contribution in [0.15, 0.2) is 12.2 Å². The predicted octanol–water partition coefficient (Wildman–Crippen LogP) is -0.149. The van der Waals surface area contributed by atoms with Crippen LogP contribution in [0, 0.1) is 0 Å². The zero-order valence-electron chi connectivity index (χ0n) is 8.51. The van der Waals surface area contributed by atoms with Crippen LogP contribution < -0.4 is 0 Å². The number of aliphatic hydroxyl groups excluding tert-OH is 2. The SMILES string of the molecule is C=C(CC(=O)O)C(=O)O.CC(O)CCO. The second-order valence-electron chi connectivity index (χ2n) is 2.84. The maximum Gasteiger partial charge on any atom is 0.331 e. The molecule has 0 aromatic rings. The van der Waals surface area contributed by atoms with Crippen molar-refractivity contribution in [3.63, 3.8) is 0 Å². The lowest BCUT2D eigenvalue weighted by Gasteiger charge is -1.95. The molecular formula is C9H16O6. The summed E-state index contributed by atoms with van der Waals surface area (Å²) in [5.41, 5.74) is -0.303. The summed E-state index contributed by atoms with van der Waals surface area (Å²) >= 11 is 0. The van der Waals surface area contributed by atoms with Crippen molar-refractivity contribution in [2.24, 2.45) is 0 Å². The number of carboxylic acids is 2. The number of hydrogen-bond acceptors (Lipinski definition) is 4. The summed E-state index contributed by atoms with van der Waals surface area (Å²) in [6, 6.07) is 0. The zero-order chi connectivity index (χ0) is 12.4. The lowest BCUT2D eigenvalue weighted by Crippen LogP contribution is -2.04. The lowest BCUT2D eigenvalue weighted by molar-refractivity contribution is -0.139. The highest BCUT2D eigenvalue weighted by atomic mass is 16.4. The van der Waals surface area contributed by atoms with Crippen LogP contribution in [-0.2, 0) is 9.59 Å². The number of aliphatic hydroxyl groups is 2. The van der Waals surface area contributed by atoms with Crippen molar-refractivity contribution in [2.45, 2.75) is 25.9 Å². The normalized spacial score (nSPS) is 10.9.